The Labute approximate surface area is 165 Å². The molecule has 0 saturated carbocycles. The molecule has 2 aliphatic rings. The van der Waals surface area contributed by atoms with Gasteiger partial charge in [0.15, 0.2) is 0 Å². The molecule has 5 heteroatoms. The summed E-state index contributed by atoms with van der Waals surface area (Å²) in [6, 6.07) is 2.11. The molecule has 1 unspecified atom stereocenters. The predicted octanol–water partition coefficient (Wildman–Crippen LogP) is 5.01. The van der Waals surface area contributed by atoms with E-state index in [-0.39, 0.29) is 17.2 Å². The lowest BCUT2D eigenvalue weighted by molar-refractivity contribution is 0.00578. The van der Waals surface area contributed by atoms with Crippen LogP contribution in [0.15, 0.2) is 48.1 Å². The summed E-state index contributed by atoms with van der Waals surface area (Å²) in [6.07, 6.45) is 16.6. The second-order valence-electron chi connectivity index (χ2n) is 8.28. The second-order valence-corrected chi connectivity index (χ2v) is 8.28. The Morgan fingerprint density at radius 2 is 1.89 bits per heavy atom. The van der Waals surface area contributed by atoms with E-state index in [1.807, 2.05) is 46.0 Å². The van der Waals surface area contributed by atoms with Crippen LogP contribution in [0.5, 0.6) is 0 Å². The first-order valence-electron chi connectivity index (χ1n) is 10.00. The highest BCUT2D eigenvalue weighted by Gasteiger charge is 2.51. The van der Waals surface area contributed by atoms with E-state index in [4.69, 9.17) is 9.31 Å². The van der Waals surface area contributed by atoms with Crippen LogP contribution in [0.2, 0.25) is 0 Å². The van der Waals surface area contributed by atoms with Crippen molar-refractivity contribution in [3.05, 3.63) is 48.1 Å². The zero-order valence-corrected chi connectivity index (χ0v) is 17.3. The number of allylic oxidation sites excluding steroid dienone is 5. The number of nitrogens with zero attached hydrogens (tertiary/aromatic N) is 1. The van der Waals surface area contributed by atoms with E-state index in [1.54, 1.807) is 6.08 Å². The number of hydrogen-bond acceptors (Lipinski definition) is 4. The van der Waals surface area contributed by atoms with Crippen LogP contribution >= 0.6 is 0 Å². The Hall–Kier alpha value is -1.77. The zero-order valence-electron chi connectivity index (χ0n) is 17.3. The van der Waals surface area contributed by atoms with Gasteiger partial charge in [0.25, 0.3) is 0 Å². The fraction of sp³-hybridized carbons (Fsp3) is 0.591. The Kier molecular flexibility index (Phi) is 7.53. The Morgan fingerprint density at radius 3 is 2.52 bits per heavy atom. The standard InChI is InChI=1S/C22H33BN2O2/c1-6-19(23-26-21(2,3)22(4,5)27-23)15-12-16-25-20(17-24)18-13-10-8-7-9-11-14-18/h6,12-13,15-16,20,25H,1,7-11,14H2,2-5H3/b16-12+,18-13+,19-15+. The van der Waals surface area contributed by atoms with Crippen LogP contribution < -0.4 is 5.32 Å². The van der Waals surface area contributed by atoms with Gasteiger partial charge in [-0.3, -0.25) is 0 Å². The molecule has 1 aliphatic heterocycles. The molecule has 0 radical (unpaired) electrons. The summed E-state index contributed by atoms with van der Waals surface area (Å²) < 4.78 is 12.1. The van der Waals surface area contributed by atoms with Crippen molar-refractivity contribution in [3.63, 3.8) is 0 Å². The van der Waals surface area contributed by atoms with Crippen molar-refractivity contribution < 1.29 is 9.31 Å². The summed E-state index contributed by atoms with van der Waals surface area (Å²) in [5, 5.41) is 12.7. The highest BCUT2D eigenvalue weighted by Crippen LogP contribution is 2.38. The molecule has 1 heterocycles. The van der Waals surface area contributed by atoms with Crippen molar-refractivity contribution in [1.29, 1.82) is 5.26 Å². The van der Waals surface area contributed by atoms with Gasteiger partial charge in [0.05, 0.1) is 17.3 Å². The van der Waals surface area contributed by atoms with Gasteiger partial charge < -0.3 is 14.6 Å². The van der Waals surface area contributed by atoms with Gasteiger partial charge in [-0.2, -0.15) is 5.26 Å². The highest BCUT2D eigenvalue weighted by atomic mass is 16.7. The number of rotatable bonds is 6. The molecule has 0 aromatic heterocycles. The third kappa shape index (κ3) is 5.60. The molecule has 2 rings (SSSR count). The molecule has 0 bridgehead atoms. The average Bonchev–Trinajstić information content (AvgIpc) is 2.79. The maximum Gasteiger partial charge on any atom is 0.494 e. The van der Waals surface area contributed by atoms with Gasteiger partial charge in [-0.05, 0) is 76.7 Å². The molecule has 0 aromatic carbocycles. The molecule has 1 aliphatic carbocycles. The predicted molar refractivity (Wildman–Crippen MR) is 112 cm³/mol. The third-order valence-corrected chi connectivity index (χ3v) is 5.73. The maximum atomic E-state index is 9.52. The molecular weight excluding hydrogens is 335 g/mol. The molecule has 27 heavy (non-hydrogen) atoms. The lowest BCUT2D eigenvalue weighted by atomic mass is 9.78. The van der Waals surface area contributed by atoms with Crippen molar-refractivity contribution in [2.45, 2.75) is 83.5 Å². The van der Waals surface area contributed by atoms with Crippen molar-refractivity contribution in [2.75, 3.05) is 0 Å². The lowest BCUT2D eigenvalue weighted by Crippen LogP contribution is -2.41. The van der Waals surface area contributed by atoms with E-state index in [2.05, 4.69) is 24.0 Å². The summed E-state index contributed by atoms with van der Waals surface area (Å²) in [4.78, 5) is 0. The maximum absolute atomic E-state index is 9.52. The Bertz CT molecular complexity index is 640. The van der Waals surface area contributed by atoms with E-state index < -0.39 is 7.12 Å². The molecular formula is C22H33BN2O2. The first kappa shape index (κ1) is 21.5. The van der Waals surface area contributed by atoms with Gasteiger partial charge >= 0.3 is 7.12 Å². The summed E-state index contributed by atoms with van der Waals surface area (Å²) in [5.74, 6) is 0. The van der Waals surface area contributed by atoms with Crippen LogP contribution in [0.1, 0.15) is 66.2 Å². The molecule has 1 atom stereocenters. The minimum atomic E-state index is -0.433. The highest BCUT2D eigenvalue weighted by molar-refractivity contribution is 6.55. The van der Waals surface area contributed by atoms with Crippen molar-refractivity contribution in [2.24, 2.45) is 0 Å². The molecule has 146 valence electrons. The van der Waals surface area contributed by atoms with Crippen LogP contribution in [0.25, 0.3) is 0 Å². The van der Waals surface area contributed by atoms with Gasteiger partial charge in [0, 0.05) is 0 Å². The van der Waals surface area contributed by atoms with Gasteiger partial charge in [-0.1, -0.05) is 37.6 Å². The zero-order chi connectivity index (χ0) is 19.9. The van der Waals surface area contributed by atoms with E-state index in [0.717, 1.165) is 24.7 Å². The summed E-state index contributed by atoms with van der Waals surface area (Å²) >= 11 is 0. The van der Waals surface area contributed by atoms with Gasteiger partial charge in [-0.15, -0.1) is 0 Å². The van der Waals surface area contributed by atoms with Crippen LogP contribution in [0, 0.1) is 11.3 Å². The topological polar surface area (TPSA) is 54.3 Å². The van der Waals surface area contributed by atoms with E-state index in [9.17, 15) is 5.26 Å². The molecule has 1 saturated heterocycles. The van der Waals surface area contributed by atoms with Crippen molar-refractivity contribution in [1.82, 2.24) is 5.32 Å². The normalized spacial score (nSPS) is 25.8. The number of hydrogen-bond donors (Lipinski definition) is 1. The number of nitrogens with one attached hydrogen (secondary N) is 1. The van der Waals surface area contributed by atoms with Gasteiger partial charge in [0.1, 0.15) is 6.04 Å². The van der Waals surface area contributed by atoms with Gasteiger partial charge in [-0.25, -0.2) is 0 Å². The summed E-state index contributed by atoms with van der Waals surface area (Å²) in [5.41, 5.74) is 1.32. The van der Waals surface area contributed by atoms with E-state index in [1.165, 1.54) is 24.8 Å². The van der Waals surface area contributed by atoms with Crippen LogP contribution in [0.3, 0.4) is 0 Å². The second kappa shape index (κ2) is 9.44. The number of nitriles is 1. The smallest absolute Gasteiger partial charge is 0.399 e. The third-order valence-electron chi connectivity index (χ3n) is 5.73. The SMILES string of the molecule is C=C/C(=C\C=C\NC(C#N)/C1=C/CCCCCC1)B1OC(C)(C)C(C)(C)O1. The van der Waals surface area contributed by atoms with E-state index >= 15 is 0 Å². The van der Waals surface area contributed by atoms with Gasteiger partial charge in [0.2, 0.25) is 0 Å². The fourth-order valence-electron chi connectivity index (χ4n) is 3.24. The largest absolute Gasteiger partial charge is 0.494 e. The molecule has 0 aromatic rings. The molecule has 4 nitrogen and oxygen atoms in total. The molecule has 1 N–H and O–H groups in total. The molecule has 1 fully saturated rings. The minimum absolute atomic E-state index is 0.267. The van der Waals surface area contributed by atoms with Crippen LogP contribution in [-0.4, -0.2) is 24.4 Å². The molecule has 0 amide bonds. The lowest BCUT2D eigenvalue weighted by Gasteiger charge is -2.32. The van der Waals surface area contributed by atoms with Crippen LogP contribution in [-0.2, 0) is 9.31 Å². The summed E-state index contributed by atoms with van der Waals surface area (Å²) in [6.45, 7) is 12.0. The Morgan fingerprint density at radius 1 is 1.22 bits per heavy atom. The quantitative estimate of drug-likeness (QED) is 0.407. The van der Waals surface area contributed by atoms with Crippen LogP contribution in [0.4, 0.5) is 0 Å². The average molecular weight is 368 g/mol. The van der Waals surface area contributed by atoms with Crippen molar-refractivity contribution >= 4 is 7.12 Å². The van der Waals surface area contributed by atoms with E-state index in [0.29, 0.717) is 0 Å². The monoisotopic (exact) mass is 368 g/mol. The van der Waals surface area contributed by atoms with Crippen molar-refractivity contribution in [3.8, 4) is 6.07 Å². The molecule has 0 spiro atoms. The minimum Gasteiger partial charge on any atom is -0.399 e. The first-order valence-corrected chi connectivity index (χ1v) is 10.00. The Balaban J connectivity index is 1.99. The first-order chi connectivity index (χ1) is 12.8. The summed E-state index contributed by atoms with van der Waals surface area (Å²) in [7, 11) is -0.433. The fourth-order valence-corrected chi connectivity index (χ4v) is 3.24.